The largest absolute Gasteiger partial charge is 0.467 e. The van der Waals surface area contributed by atoms with Gasteiger partial charge in [-0.25, -0.2) is 9.59 Å². The van der Waals surface area contributed by atoms with Gasteiger partial charge in [0.1, 0.15) is 25.4 Å². The van der Waals surface area contributed by atoms with Gasteiger partial charge in [-0.15, -0.1) is 0 Å². The molecule has 294 valence electrons. The molecule has 1 aliphatic heterocycles. The summed E-state index contributed by atoms with van der Waals surface area (Å²) < 4.78 is 39.7. The van der Waals surface area contributed by atoms with E-state index in [1.807, 2.05) is 48.5 Å². The average Bonchev–Trinajstić information content (AvgIpc) is 3.42. The Hall–Kier alpha value is -5.02. The molecule has 2 N–H and O–H groups in total. The highest BCUT2D eigenvalue weighted by Gasteiger charge is 2.52. The van der Waals surface area contributed by atoms with Crippen molar-refractivity contribution in [3.63, 3.8) is 0 Å². The molecular weight excluding hydrogens is 704 g/mol. The lowest BCUT2D eigenvalue weighted by Gasteiger charge is -2.45. The van der Waals surface area contributed by atoms with Crippen LogP contribution in [-0.2, 0) is 57.1 Å². The van der Waals surface area contributed by atoms with Gasteiger partial charge in [-0.05, 0) is 63.8 Å². The number of methoxy groups -OCH3 is 1. The summed E-state index contributed by atoms with van der Waals surface area (Å²) in [5.74, 6) is -3.81. The van der Waals surface area contributed by atoms with Crippen LogP contribution >= 0.6 is 0 Å². The Balaban J connectivity index is 1.56. The second-order valence-electron chi connectivity index (χ2n) is 15.2. The fourth-order valence-electron chi connectivity index (χ4n) is 6.00. The summed E-state index contributed by atoms with van der Waals surface area (Å²) in [7, 11) is 1.12. The molecule has 1 fully saturated rings. The van der Waals surface area contributed by atoms with Gasteiger partial charge in [0, 0.05) is 19.8 Å². The van der Waals surface area contributed by atoms with Crippen LogP contribution in [0.3, 0.4) is 0 Å². The van der Waals surface area contributed by atoms with Crippen LogP contribution in [0.5, 0.6) is 0 Å². The number of nitrogens with one attached hydrogen (secondary N) is 2. The van der Waals surface area contributed by atoms with Crippen molar-refractivity contribution >= 4 is 35.9 Å². The fraction of sp³-hybridized carbons (Fsp3) is 0.538. The molecule has 0 bridgehead atoms. The molecule has 15 nitrogen and oxygen atoms in total. The van der Waals surface area contributed by atoms with Crippen LogP contribution in [0.15, 0.2) is 48.5 Å². The molecule has 2 aromatic carbocycles. The second kappa shape index (κ2) is 17.4. The highest BCUT2D eigenvalue weighted by molar-refractivity contribution is 5.82. The average molecular weight is 755 g/mol. The molecule has 4 rings (SSSR count). The molecule has 2 amide bonds. The van der Waals surface area contributed by atoms with Crippen LogP contribution in [0.25, 0.3) is 11.1 Å². The topological polar surface area (TPSA) is 191 Å². The molecule has 0 saturated carbocycles. The van der Waals surface area contributed by atoms with Gasteiger partial charge in [0.15, 0.2) is 24.5 Å². The van der Waals surface area contributed by atoms with Crippen molar-refractivity contribution in [2.24, 2.45) is 10.8 Å². The minimum Gasteiger partial charge on any atom is -0.467 e. The lowest BCUT2D eigenvalue weighted by molar-refractivity contribution is -0.280. The van der Waals surface area contributed by atoms with Gasteiger partial charge in [0.2, 0.25) is 5.91 Å². The van der Waals surface area contributed by atoms with Crippen LogP contribution in [0.1, 0.15) is 72.4 Å². The van der Waals surface area contributed by atoms with Crippen molar-refractivity contribution < 1.29 is 61.9 Å². The first-order valence-electron chi connectivity index (χ1n) is 17.6. The van der Waals surface area contributed by atoms with Crippen LogP contribution < -0.4 is 10.6 Å². The zero-order valence-electron chi connectivity index (χ0n) is 32.1. The molecule has 0 spiro atoms. The Labute approximate surface area is 314 Å². The van der Waals surface area contributed by atoms with Crippen molar-refractivity contribution in [3.8, 4) is 11.1 Å². The number of esters is 4. The molecule has 1 unspecified atom stereocenters. The van der Waals surface area contributed by atoms with E-state index < -0.39 is 96.6 Å². The third-order valence-electron chi connectivity index (χ3n) is 8.71. The fourth-order valence-corrected chi connectivity index (χ4v) is 6.00. The van der Waals surface area contributed by atoms with Crippen LogP contribution in [0.2, 0.25) is 0 Å². The van der Waals surface area contributed by atoms with Gasteiger partial charge in [-0.3, -0.25) is 19.2 Å². The number of fused-ring (bicyclic) bond motifs is 3. The second-order valence-corrected chi connectivity index (χ2v) is 15.2. The first-order valence-corrected chi connectivity index (χ1v) is 17.6. The van der Waals surface area contributed by atoms with E-state index in [4.69, 9.17) is 33.2 Å². The molecule has 0 radical (unpaired) electrons. The zero-order chi connectivity index (χ0) is 40.0. The van der Waals surface area contributed by atoms with Crippen molar-refractivity contribution in [1.29, 1.82) is 0 Å². The lowest BCUT2D eigenvalue weighted by atomic mass is 9.93. The number of alkyl carbamates (subject to hydrolysis) is 1. The summed E-state index contributed by atoms with van der Waals surface area (Å²) in [6.07, 6.45) is -6.52. The van der Waals surface area contributed by atoms with E-state index in [0.717, 1.165) is 36.3 Å². The summed E-state index contributed by atoms with van der Waals surface area (Å²) in [6.45, 7) is 11.0. The first-order chi connectivity index (χ1) is 25.3. The molecule has 2 aromatic rings. The Morgan fingerprint density at radius 2 is 1.33 bits per heavy atom. The van der Waals surface area contributed by atoms with Crippen LogP contribution in [0, 0.1) is 10.8 Å². The molecule has 2 aliphatic rings. The van der Waals surface area contributed by atoms with Gasteiger partial charge in [-0.2, -0.15) is 0 Å². The summed E-state index contributed by atoms with van der Waals surface area (Å²) in [5, 5.41) is 5.09. The molecule has 15 heteroatoms. The van der Waals surface area contributed by atoms with E-state index in [-0.39, 0.29) is 12.5 Å². The standard InChI is InChI=1S/C39H50N2O13/c1-21(42)40-30-32(52-22(2)43)31(54-36(46)39(6,7)8)29(20-50-35(45)38(3,4)5)53-34(30)49-19-28(33(44)48-9)41-37(47)51-18-27-25-16-12-10-14-23(25)24-15-11-13-17-26(24)27/h10-17,27-32,34H,18-20H2,1-9H3,(H,40,42)(H,41,47)/t28-,29+,30+,31-,32+,34?/m0/s1. The van der Waals surface area contributed by atoms with E-state index in [1.165, 1.54) is 6.92 Å². The van der Waals surface area contributed by atoms with Gasteiger partial charge in [0.25, 0.3) is 0 Å². The number of benzene rings is 2. The third-order valence-corrected chi connectivity index (χ3v) is 8.71. The van der Waals surface area contributed by atoms with Gasteiger partial charge in [0.05, 0.1) is 24.5 Å². The number of hydrogen-bond acceptors (Lipinski definition) is 13. The molecule has 1 heterocycles. The van der Waals surface area contributed by atoms with Crippen molar-refractivity contribution in [1.82, 2.24) is 10.6 Å². The highest BCUT2D eigenvalue weighted by Crippen LogP contribution is 2.44. The summed E-state index contributed by atoms with van der Waals surface area (Å²) in [4.78, 5) is 76.9. The molecule has 6 atom stereocenters. The predicted octanol–water partition coefficient (Wildman–Crippen LogP) is 3.79. The Morgan fingerprint density at radius 3 is 1.85 bits per heavy atom. The third kappa shape index (κ3) is 10.3. The quantitative estimate of drug-likeness (QED) is 0.235. The summed E-state index contributed by atoms with van der Waals surface area (Å²) in [6, 6.07) is 12.9. The number of carbonyl (C=O) groups is 6. The lowest BCUT2D eigenvalue weighted by Crippen LogP contribution is -2.67. The van der Waals surface area contributed by atoms with Crippen LogP contribution in [-0.4, -0.2) is 99.5 Å². The maximum absolute atomic E-state index is 13.2. The van der Waals surface area contributed by atoms with Crippen molar-refractivity contribution in [3.05, 3.63) is 59.7 Å². The van der Waals surface area contributed by atoms with Gasteiger partial charge < -0.3 is 43.8 Å². The Kier molecular flexibility index (Phi) is 13.5. The Morgan fingerprint density at radius 1 is 0.759 bits per heavy atom. The molecule has 1 aliphatic carbocycles. The normalized spacial score (nSPS) is 21.4. The molecule has 1 saturated heterocycles. The maximum Gasteiger partial charge on any atom is 0.407 e. The van der Waals surface area contributed by atoms with E-state index >= 15 is 0 Å². The molecule has 54 heavy (non-hydrogen) atoms. The zero-order valence-corrected chi connectivity index (χ0v) is 32.1. The van der Waals surface area contributed by atoms with E-state index in [1.54, 1.807) is 41.5 Å². The minimum atomic E-state index is -1.50. The maximum atomic E-state index is 13.2. The number of rotatable bonds is 12. The van der Waals surface area contributed by atoms with E-state index in [9.17, 15) is 28.8 Å². The van der Waals surface area contributed by atoms with Crippen molar-refractivity contribution in [2.75, 3.05) is 26.9 Å². The Bertz CT molecular complexity index is 1670. The highest BCUT2D eigenvalue weighted by atomic mass is 16.7. The van der Waals surface area contributed by atoms with Gasteiger partial charge >= 0.3 is 30.0 Å². The SMILES string of the molecule is COC(=O)[C@H](COC1O[C@H](COC(=O)C(C)(C)C)[C@H](OC(=O)C(C)(C)C)[C@H](OC(C)=O)[C@H]1NC(C)=O)NC(=O)OCC1c2ccccc2-c2ccccc21. The predicted molar refractivity (Wildman–Crippen MR) is 192 cm³/mol. The van der Waals surface area contributed by atoms with E-state index in [2.05, 4.69) is 10.6 Å². The number of carbonyl (C=O) groups excluding carboxylic acids is 6. The smallest absolute Gasteiger partial charge is 0.407 e. The van der Waals surface area contributed by atoms with Crippen molar-refractivity contribution in [2.45, 2.75) is 98.0 Å². The first kappa shape index (κ1) is 41.7. The summed E-state index contributed by atoms with van der Waals surface area (Å²) >= 11 is 0. The summed E-state index contributed by atoms with van der Waals surface area (Å²) in [5.41, 5.74) is 2.15. The monoisotopic (exact) mass is 754 g/mol. The molecular formula is C39H50N2O13. The van der Waals surface area contributed by atoms with Crippen LogP contribution in [0.4, 0.5) is 4.79 Å². The van der Waals surface area contributed by atoms with Gasteiger partial charge in [-0.1, -0.05) is 48.5 Å². The minimum absolute atomic E-state index is 0.0291. The van der Waals surface area contributed by atoms with E-state index in [0.29, 0.717) is 0 Å². The number of hydrogen-bond donors (Lipinski definition) is 2. The number of ether oxygens (including phenoxy) is 7. The molecule has 0 aromatic heterocycles. The number of amides is 2.